The molecule has 0 amide bonds. The standard InChI is InChI=1S/C18H19F3N2OS/c1-12-22-9-16(25-12)11-23-7-3-5-14(10-23)17(24)13-4-2-6-15(8-13)18(19,20)21/h2,4,6,8-9,14H,3,5,7,10-11H2,1H3/t14-/m1/s1. The average Bonchev–Trinajstić information content (AvgIpc) is 2.98. The normalized spacial score (nSPS) is 19.1. The molecule has 1 fully saturated rings. The van der Waals surface area contributed by atoms with E-state index in [9.17, 15) is 18.0 Å². The lowest BCUT2D eigenvalue weighted by atomic mass is 9.89. The topological polar surface area (TPSA) is 33.2 Å². The van der Waals surface area contributed by atoms with Gasteiger partial charge in [-0.15, -0.1) is 11.3 Å². The van der Waals surface area contributed by atoms with Crippen LogP contribution in [-0.2, 0) is 12.7 Å². The molecule has 2 heterocycles. The van der Waals surface area contributed by atoms with Crippen molar-refractivity contribution in [3.63, 3.8) is 0 Å². The van der Waals surface area contributed by atoms with Crippen LogP contribution >= 0.6 is 11.3 Å². The number of rotatable bonds is 4. The van der Waals surface area contributed by atoms with E-state index < -0.39 is 11.7 Å². The molecule has 0 unspecified atom stereocenters. The first-order chi connectivity index (χ1) is 11.8. The van der Waals surface area contributed by atoms with Crippen LogP contribution < -0.4 is 0 Å². The molecule has 1 aliphatic rings. The molecule has 0 saturated carbocycles. The minimum absolute atomic E-state index is 0.148. The van der Waals surface area contributed by atoms with E-state index in [1.54, 1.807) is 11.3 Å². The van der Waals surface area contributed by atoms with Crippen molar-refractivity contribution in [2.24, 2.45) is 5.92 Å². The van der Waals surface area contributed by atoms with E-state index in [4.69, 9.17) is 0 Å². The van der Waals surface area contributed by atoms with Gasteiger partial charge in [-0.3, -0.25) is 9.69 Å². The maximum absolute atomic E-state index is 12.9. The Hall–Kier alpha value is -1.73. The van der Waals surface area contributed by atoms with E-state index >= 15 is 0 Å². The number of halogens is 3. The van der Waals surface area contributed by atoms with Gasteiger partial charge in [0.2, 0.25) is 0 Å². The highest BCUT2D eigenvalue weighted by Crippen LogP contribution is 2.31. The molecule has 0 spiro atoms. The Bertz CT molecular complexity index is 757. The van der Waals surface area contributed by atoms with Gasteiger partial charge in [0.1, 0.15) is 0 Å². The minimum atomic E-state index is -4.43. The first-order valence-corrected chi connectivity index (χ1v) is 9.00. The minimum Gasteiger partial charge on any atom is -0.297 e. The molecule has 0 radical (unpaired) electrons. The van der Waals surface area contributed by atoms with E-state index in [2.05, 4.69) is 9.88 Å². The number of hydrogen-bond donors (Lipinski definition) is 0. The number of likely N-dealkylation sites (tertiary alicyclic amines) is 1. The number of piperidine rings is 1. The third kappa shape index (κ3) is 4.46. The first-order valence-electron chi connectivity index (χ1n) is 8.18. The summed E-state index contributed by atoms with van der Waals surface area (Å²) in [4.78, 5) is 20.2. The monoisotopic (exact) mass is 368 g/mol. The Balaban J connectivity index is 1.69. The summed E-state index contributed by atoms with van der Waals surface area (Å²) in [6.07, 6.45) is -1.00. The molecule has 1 aliphatic heterocycles. The zero-order valence-electron chi connectivity index (χ0n) is 13.8. The number of benzene rings is 1. The van der Waals surface area contributed by atoms with Crippen LogP contribution in [0.4, 0.5) is 13.2 Å². The highest BCUT2D eigenvalue weighted by Gasteiger charge is 2.32. The van der Waals surface area contributed by atoms with Crippen molar-refractivity contribution in [1.82, 2.24) is 9.88 Å². The van der Waals surface area contributed by atoms with Crippen LogP contribution in [-0.4, -0.2) is 28.8 Å². The van der Waals surface area contributed by atoms with Gasteiger partial charge in [-0.25, -0.2) is 4.98 Å². The number of alkyl halides is 3. The predicted molar refractivity (Wildman–Crippen MR) is 90.6 cm³/mol. The number of aromatic nitrogens is 1. The van der Waals surface area contributed by atoms with Crippen molar-refractivity contribution in [2.45, 2.75) is 32.5 Å². The van der Waals surface area contributed by atoms with E-state index in [0.717, 1.165) is 41.5 Å². The molecule has 2 aromatic rings. The Morgan fingerprint density at radius 1 is 1.40 bits per heavy atom. The Morgan fingerprint density at radius 3 is 2.88 bits per heavy atom. The summed E-state index contributed by atoms with van der Waals surface area (Å²) in [5.41, 5.74) is -0.624. The molecule has 3 nitrogen and oxygen atoms in total. The third-order valence-corrected chi connectivity index (χ3v) is 5.30. The van der Waals surface area contributed by atoms with E-state index in [1.165, 1.54) is 12.1 Å². The van der Waals surface area contributed by atoms with Gasteiger partial charge in [-0.05, 0) is 38.4 Å². The number of Topliss-reactive ketones (excluding diaryl/α,β-unsaturated/α-hetero) is 1. The van der Waals surface area contributed by atoms with Crippen LogP contribution in [0.2, 0.25) is 0 Å². The molecule has 3 rings (SSSR count). The molecule has 1 aromatic carbocycles. The van der Waals surface area contributed by atoms with Gasteiger partial charge in [0.25, 0.3) is 0 Å². The summed E-state index contributed by atoms with van der Waals surface area (Å²) in [6.45, 7) is 4.15. The first kappa shape index (κ1) is 18.1. The number of carbonyl (C=O) groups is 1. The van der Waals surface area contributed by atoms with Crippen molar-refractivity contribution in [3.05, 3.63) is 51.5 Å². The number of carbonyl (C=O) groups excluding carboxylic acids is 1. The Kier molecular flexibility index (Phi) is 5.24. The maximum atomic E-state index is 12.9. The fraction of sp³-hybridized carbons (Fsp3) is 0.444. The second kappa shape index (κ2) is 7.25. The van der Waals surface area contributed by atoms with Gasteiger partial charge in [0, 0.05) is 35.6 Å². The van der Waals surface area contributed by atoms with Gasteiger partial charge in [-0.2, -0.15) is 13.2 Å². The summed E-state index contributed by atoms with van der Waals surface area (Å²) in [5, 5.41) is 1.00. The molecular formula is C18H19F3N2OS. The van der Waals surface area contributed by atoms with Crippen LogP contribution in [0.5, 0.6) is 0 Å². The summed E-state index contributed by atoms with van der Waals surface area (Å²) in [6, 6.07) is 4.74. The lowest BCUT2D eigenvalue weighted by Gasteiger charge is -2.31. The van der Waals surface area contributed by atoms with Crippen molar-refractivity contribution < 1.29 is 18.0 Å². The van der Waals surface area contributed by atoms with Gasteiger partial charge in [0.05, 0.1) is 10.6 Å². The summed E-state index contributed by atoms with van der Waals surface area (Å²) in [5.74, 6) is -0.456. The molecule has 1 saturated heterocycles. The number of nitrogens with zero attached hydrogens (tertiary/aromatic N) is 2. The van der Waals surface area contributed by atoms with Crippen LogP contribution in [0, 0.1) is 12.8 Å². The second-order valence-electron chi connectivity index (χ2n) is 6.36. The lowest BCUT2D eigenvalue weighted by Crippen LogP contribution is -2.38. The fourth-order valence-electron chi connectivity index (χ4n) is 3.20. The second-order valence-corrected chi connectivity index (χ2v) is 7.68. The predicted octanol–water partition coefficient (Wildman–Crippen LogP) is 4.57. The van der Waals surface area contributed by atoms with Crippen LogP contribution in [0.15, 0.2) is 30.5 Å². The van der Waals surface area contributed by atoms with Crippen LogP contribution in [0.3, 0.4) is 0 Å². The van der Waals surface area contributed by atoms with Gasteiger partial charge in [-0.1, -0.05) is 12.1 Å². The molecular weight excluding hydrogens is 349 g/mol. The highest BCUT2D eigenvalue weighted by atomic mass is 32.1. The maximum Gasteiger partial charge on any atom is 0.416 e. The van der Waals surface area contributed by atoms with Crippen molar-refractivity contribution >= 4 is 17.1 Å². The zero-order chi connectivity index (χ0) is 18.0. The smallest absolute Gasteiger partial charge is 0.297 e. The van der Waals surface area contributed by atoms with Crippen molar-refractivity contribution in [2.75, 3.05) is 13.1 Å². The van der Waals surface area contributed by atoms with E-state index in [-0.39, 0.29) is 17.3 Å². The van der Waals surface area contributed by atoms with Crippen molar-refractivity contribution in [3.8, 4) is 0 Å². The van der Waals surface area contributed by atoms with Crippen LogP contribution in [0.25, 0.3) is 0 Å². The van der Waals surface area contributed by atoms with Gasteiger partial charge in [0.15, 0.2) is 5.78 Å². The number of hydrogen-bond acceptors (Lipinski definition) is 4. The van der Waals surface area contributed by atoms with E-state index in [0.29, 0.717) is 13.0 Å². The molecule has 25 heavy (non-hydrogen) atoms. The van der Waals surface area contributed by atoms with Crippen LogP contribution in [0.1, 0.15) is 38.6 Å². The van der Waals surface area contributed by atoms with Gasteiger partial charge < -0.3 is 0 Å². The molecule has 0 aliphatic carbocycles. The fourth-order valence-corrected chi connectivity index (χ4v) is 4.03. The third-order valence-electron chi connectivity index (χ3n) is 4.40. The van der Waals surface area contributed by atoms with Gasteiger partial charge >= 0.3 is 6.18 Å². The van der Waals surface area contributed by atoms with E-state index in [1.807, 2.05) is 13.1 Å². The molecule has 134 valence electrons. The Morgan fingerprint density at radius 2 is 2.20 bits per heavy atom. The number of ketones is 1. The molecule has 1 aromatic heterocycles. The average molecular weight is 368 g/mol. The molecule has 0 N–H and O–H groups in total. The number of thiazole rings is 1. The Labute approximate surface area is 148 Å². The highest BCUT2D eigenvalue weighted by molar-refractivity contribution is 7.11. The molecule has 1 atom stereocenters. The summed E-state index contributed by atoms with van der Waals surface area (Å²) < 4.78 is 38.6. The lowest BCUT2D eigenvalue weighted by molar-refractivity contribution is -0.137. The SMILES string of the molecule is Cc1ncc(CN2CCC[C@@H](C(=O)c3cccc(C(F)(F)F)c3)C2)s1. The summed E-state index contributed by atoms with van der Waals surface area (Å²) >= 11 is 1.63. The quantitative estimate of drug-likeness (QED) is 0.742. The number of aryl methyl sites for hydroxylation is 1. The molecule has 0 bridgehead atoms. The largest absolute Gasteiger partial charge is 0.416 e. The summed E-state index contributed by atoms with van der Waals surface area (Å²) in [7, 11) is 0. The molecule has 7 heteroatoms. The van der Waals surface area contributed by atoms with Crippen molar-refractivity contribution in [1.29, 1.82) is 0 Å². The zero-order valence-corrected chi connectivity index (χ0v) is 14.7.